The quantitative estimate of drug-likeness (QED) is 0.0156. The fourth-order valence-electron chi connectivity index (χ4n) is 9.09. The summed E-state index contributed by atoms with van der Waals surface area (Å²) in [6.45, 7) is 12.6. The van der Waals surface area contributed by atoms with Crippen molar-refractivity contribution in [2.45, 2.75) is 46.4 Å². The average Bonchev–Trinajstić information content (AvgIpc) is 1.66. The maximum Gasteiger partial charge on any atom is 0.356 e. The van der Waals surface area contributed by atoms with Gasteiger partial charge in [0, 0.05) is 19.6 Å². The lowest BCUT2D eigenvalue weighted by atomic mass is 10.2. The van der Waals surface area contributed by atoms with Crippen LogP contribution in [-0.2, 0) is 123 Å². The van der Waals surface area contributed by atoms with Crippen LogP contribution in [0.1, 0.15) is 23.6 Å². The number of aromatic amines is 3. The van der Waals surface area contributed by atoms with Crippen molar-refractivity contribution in [1.82, 2.24) is 58.6 Å². The molecule has 102 heavy (non-hydrogen) atoms. The molecule has 0 aliphatic carbocycles. The minimum Gasteiger partial charge on any atom is -0.431 e. The molecule has 9 aromatic rings. The van der Waals surface area contributed by atoms with Crippen LogP contribution in [0.3, 0.4) is 0 Å². The van der Waals surface area contributed by atoms with E-state index in [1.165, 1.54) is 25.2 Å². The minimum atomic E-state index is -3.78. The van der Waals surface area contributed by atoms with Gasteiger partial charge in [0.15, 0.2) is 56.5 Å². The molecule has 6 aromatic heterocycles. The molecule has 3 aliphatic heterocycles. The van der Waals surface area contributed by atoms with Crippen LogP contribution in [0.15, 0.2) is 197 Å². The highest BCUT2D eigenvalue weighted by Crippen LogP contribution is 2.52. The van der Waals surface area contributed by atoms with Gasteiger partial charge in [-0.05, 0) is 43.4 Å². The van der Waals surface area contributed by atoms with E-state index in [4.69, 9.17) is 87.0 Å². The summed E-state index contributed by atoms with van der Waals surface area (Å²) in [6.07, 6.45) is 4.67. The summed E-state index contributed by atoms with van der Waals surface area (Å²) in [5.74, 6) is 1.51. The summed E-state index contributed by atoms with van der Waals surface area (Å²) in [6, 6.07) is 27.7. The highest BCUT2D eigenvalue weighted by atomic mass is 31.2. The Morgan fingerprint density at radius 2 is 0.804 bits per heavy atom. The lowest BCUT2D eigenvalue weighted by Crippen LogP contribution is -2.13. The molecule has 3 aliphatic rings. The van der Waals surface area contributed by atoms with Gasteiger partial charge in [-0.25, -0.2) is 15.0 Å². The number of fused-ring (bicyclic) bond motifs is 3. The molecule has 0 amide bonds. The van der Waals surface area contributed by atoms with Gasteiger partial charge in [0.1, 0.15) is 57.5 Å². The number of rotatable bonds is 34. The van der Waals surface area contributed by atoms with Crippen molar-refractivity contribution in [3.8, 4) is 0 Å². The van der Waals surface area contributed by atoms with E-state index in [-0.39, 0.29) is 162 Å². The third-order valence-corrected chi connectivity index (χ3v) is 18.7. The lowest BCUT2D eigenvalue weighted by Gasteiger charge is -2.19. The summed E-state index contributed by atoms with van der Waals surface area (Å²) >= 11 is 0. The van der Waals surface area contributed by atoms with Crippen LogP contribution in [0.2, 0.25) is 0 Å². The van der Waals surface area contributed by atoms with Crippen molar-refractivity contribution >= 4 is 74.1 Å². The summed E-state index contributed by atoms with van der Waals surface area (Å²) in [4.78, 5) is 67.2. The Morgan fingerprint density at radius 1 is 0.461 bits per heavy atom. The van der Waals surface area contributed by atoms with Crippen LogP contribution in [0, 0.1) is 0 Å². The molecular formula is C62H70N15O22P3. The van der Waals surface area contributed by atoms with Crippen LogP contribution in [0.5, 0.6) is 0 Å². The van der Waals surface area contributed by atoms with Gasteiger partial charge in [-0.3, -0.25) is 56.6 Å². The molecule has 0 spiro atoms. The van der Waals surface area contributed by atoms with E-state index in [1.807, 2.05) is 91.0 Å². The van der Waals surface area contributed by atoms with Gasteiger partial charge >= 0.3 is 22.8 Å². The number of benzene rings is 3. The van der Waals surface area contributed by atoms with Crippen LogP contribution < -0.4 is 33.9 Å². The standard InChI is InChI=1S/C21H24N5O8P.C21H24N5O7P.C20H22N5O7P/c1-14-33-16(9-27)17(34-14)11-32-35(29,31-10-15-5-3-2-4-6-15)13-30-8-7-26-12-23-18-19(26)24-21(22)25-20(18)28;1-14-17(33-15(2)32-14)11-31-34(28,30-10-16-6-4-3-5-7-16)13-29-9-8-26-12-23-18-19(26)24-21(22)25-20(18)27;1-14-29-10-16(32-14)11-31-33(27,30-9-15-5-3-2-4-6-15)13-28-8-7-25-12-22-17-18(25)23-20(21)24-19(17)26/h2-6,12,27H,1,7-11,13H2,(H3,22,24,25,28);3-7,12H,2,8-11,13H2,1H3,(H3,22,24,25,27);2-6,10,12H,1,7-9,11,13H2,(H3,21,23,24,26). The number of nitrogens with zero attached hydrogens (tertiary/aromatic N) is 9. The number of nitrogen functional groups attached to an aromatic ring is 3. The number of ether oxygens (including phenoxy) is 9. The Morgan fingerprint density at radius 3 is 1.16 bits per heavy atom. The Bertz CT molecular complexity index is 4890. The van der Waals surface area contributed by atoms with Crippen molar-refractivity contribution < 1.29 is 88.6 Å². The molecule has 0 bridgehead atoms. The molecule has 0 saturated carbocycles. The van der Waals surface area contributed by atoms with Gasteiger partial charge in [-0.1, -0.05) is 91.0 Å². The second-order valence-electron chi connectivity index (χ2n) is 21.5. The molecule has 10 N–H and O–H groups in total. The zero-order valence-corrected chi connectivity index (χ0v) is 57.2. The fraction of sp³-hybridized carbons (Fsp3) is 0.274. The topological polar surface area (TPSA) is 479 Å². The number of aliphatic hydroxyl groups is 1. The highest BCUT2D eigenvalue weighted by Gasteiger charge is 2.32. The SMILES string of the molecule is C=C1OC(C)=C(COP(=O)(COCCn2cnc3c(=O)[nH]c(N)nc32)OCc2ccccc2)O1.C=C1OC(CO)=C(COP(=O)(COCCn2cnc3c(=O)[nH]c(N)nc32)OCc2ccccc2)O1.C=C1OC=C(COP(=O)(COCCn2cnc3c(=O)[nH]c(N)nc32)OCc2ccccc2)O1. The first kappa shape index (κ1) is 74.3. The second-order valence-corrected chi connectivity index (χ2v) is 27.5. The summed E-state index contributed by atoms with van der Waals surface area (Å²) < 4.78 is 126. The summed E-state index contributed by atoms with van der Waals surface area (Å²) in [7, 11) is -11.1. The zero-order chi connectivity index (χ0) is 72.2. The molecule has 540 valence electrons. The van der Waals surface area contributed by atoms with E-state index in [2.05, 4.69) is 64.6 Å². The summed E-state index contributed by atoms with van der Waals surface area (Å²) in [5, 5.41) is 9.38. The van der Waals surface area contributed by atoms with Crippen LogP contribution in [0.25, 0.3) is 33.5 Å². The van der Waals surface area contributed by atoms with Crippen molar-refractivity contribution in [2.24, 2.45) is 0 Å². The Labute approximate surface area is 578 Å². The largest absolute Gasteiger partial charge is 0.431 e. The van der Waals surface area contributed by atoms with E-state index < -0.39 is 46.1 Å². The van der Waals surface area contributed by atoms with Crippen LogP contribution in [0.4, 0.5) is 17.8 Å². The van der Waals surface area contributed by atoms with Gasteiger partial charge in [-0.15, -0.1) is 0 Å². The Kier molecular flexibility index (Phi) is 25.4. The molecule has 37 nitrogen and oxygen atoms in total. The second kappa shape index (κ2) is 34.8. The predicted molar refractivity (Wildman–Crippen MR) is 363 cm³/mol. The number of nitrogens with one attached hydrogen (secondary N) is 3. The maximum atomic E-state index is 13.4. The molecule has 40 heteroatoms. The van der Waals surface area contributed by atoms with E-state index in [0.29, 0.717) is 34.2 Å². The number of allylic oxidation sites excluding steroid dienone is 1. The van der Waals surface area contributed by atoms with Gasteiger partial charge in [0.05, 0.1) is 58.6 Å². The van der Waals surface area contributed by atoms with E-state index in [9.17, 15) is 33.2 Å². The number of nitrogens with two attached hydrogens (primary N) is 3. The molecule has 0 fully saturated rings. The molecule has 3 unspecified atom stereocenters. The van der Waals surface area contributed by atoms with Crippen molar-refractivity contribution in [2.75, 3.05) is 82.5 Å². The van der Waals surface area contributed by atoms with Crippen molar-refractivity contribution in [3.05, 3.63) is 230 Å². The third kappa shape index (κ3) is 20.9. The van der Waals surface area contributed by atoms with Gasteiger partial charge in [-0.2, -0.15) is 15.0 Å². The molecule has 12 rings (SSSR count). The number of aliphatic hydroxyl groups excluding tert-OH is 1. The Balaban J connectivity index is 0.000000165. The molecule has 0 saturated heterocycles. The molecule has 0 radical (unpaired) electrons. The highest BCUT2D eigenvalue weighted by molar-refractivity contribution is 7.54. The van der Waals surface area contributed by atoms with Crippen molar-refractivity contribution in [1.29, 1.82) is 0 Å². The van der Waals surface area contributed by atoms with E-state index in [1.54, 1.807) is 20.6 Å². The number of H-pyrrole nitrogens is 3. The fourth-order valence-corrected chi connectivity index (χ4v) is 12.8. The van der Waals surface area contributed by atoms with E-state index >= 15 is 0 Å². The normalized spacial score (nSPS) is 15.3. The molecule has 9 heterocycles. The lowest BCUT2D eigenvalue weighted by molar-refractivity contribution is 0.114. The number of imidazole rings is 3. The number of aromatic nitrogens is 12. The first-order valence-electron chi connectivity index (χ1n) is 30.6. The maximum absolute atomic E-state index is 13.4. The molecule has 3 aromatic carbocycles. The minimum absolute atomic E-state index is 0.0160. The van der Waals surface area contributed by atoms with Crippen LogP contribution in [-0.4, -0.2) is 129 Å². The zero-order valence-electron chi connectivity index (χ0n) is 54.5. The monoisotopic (exact) mass is 1470 g/mol. The summed E-state index contributed by atoms with van der Waals surface area (Å²) in [5.41, 5.74) is 19.4. The van der Waals surface area contributed by atoms with Gasteiger partial charge < -0.3 is 92.2 Å². The first-order valence-corrected chi connectivity index (χ1v) is 35.8. The first-order chi connectivity index (χ1) is 49.1. The van der Waals surface area contributed by atoms with Crippen molar-refractivity contribution in [3.63, 3.8) is 0 Å². The smallest absolute Gasteiger partial charge is 0.356 e. The number of anilines is 3. The molecular weight excluding hydrogens is 1400 g/mol. The average molecular weight is 1470 g/mol. The third-order valence-electron chi connectivity index (χ3n) is 14.0. The Hall–Kier alpha value is -10.4. The molecule has 3 atom stereocenters. The van der Waals surface area contributed by atoms with Gasteiger partial charge in [0.25, 0.3) is 34.5 Å². The van der Waals surface area contributed by atoms with Gasteiger partial charge in [0.2, 0.25) is 17.8 Å². The predicted octanol–water partition coefficient (Wildman–Crippen LogP) is 7.14. The number of hydrogen-bond acceptors (Lipinski definition) is 31. The van der Waals surface area contributed by atoms with E-state index in [0.717, 1.165) is 16.7 Å². The van der Waals surface area contributed by atoms with Crippen LogP contribution >= 0.6 is 22.8 Å². The number of hydrogen-bond donors (Lipinski definition) is 7.